The second kappa shape index (κ2) is 11.5. The molecule has 2 amide bonds. The molecule has 0 saturated carbocycles. The smallest absolute Gasteiger partial charge is 0.251 e. The Morgan fingerprint density at radius 2 is 1.80 bits per heavy atom. The van der Waals surface area contributed by atoms with E-state index in [-0.39, 0.29) is 18.2 Å². The summed E-state index contributed by atoms with van der Waals surface area (Å²) in [6.45, 7) is 5.61. The average Bonchev–Trinajstić information content (AvgIpc) is 3.26. The molecule has 1 saturated heterocycles. The van der Waals surface area contributed by atoms with Crippen LogP contribution in [0, 0.1) is 0 Å². The van der Waals surface area contributed by atoms with E-state index in [1.54, 1.807) is 38.5 Å². The van der Waals surface area contributed by atoms with E-state index in [0.717, 1.165) is 43.0 Å². The van der Waals surface area contributed by atoms with Gasteiger partial charge in [0.05, 0.1) is 30.9 Å². The van der Waals surface area contributed by atoms with Gasteiger partial charge in [0.25, 0.3) is 5.91 Å². The Balaban J connectivity index is 1.32. The van der Waals surface area contributed by atoms with Gasteiger partial charge in [0.1, 0.15) is 0 Å². The fourth-order valence-corrected chi connectivity index (χ4v) is 4.83. The number of hydrogen-bond acceptors (Lipinski definition) is 8. The van der Waals surface area contributed by atoms with Crippen LogP contribution >= 0.6 is 11.3 Å². The predicted octanol–water partition coefficient (Wildman–Crippen LogP) is 2.47. The number of hydrogen-bond donors (Lipinski definition) is 2. The van der Waals surface area contributed by atoms with Crippen LogP contribution in [0.5, 0.6) is 11.5 Å². The number of nitrogens with zero attached hydrogens (tertiary/aromatic N) is 3. The van der Waals surface area contributed by atoms with Crippen LogP contribution < -0.4 is 20.1 Å². The van der Waals surface area contributed by atoms with Gasteiger partial charge in [0.15, 0.2) is 16.6 Å². The number of likely N-dealkylation sites (N-methyl/N-ethyl adjacent to an activating group) is 1. The van der Waals surface area contributed by atoms with E-state index in [1.165, 1.54) is 11.3 Å². The zero-order valence-corrected chi connectivity index (χ0v) is 21.1. The van der Waals surface area contributed by atoms with Gasteiger partial charge < -0.3 is 25.0 Å². The Bertz CT molecular complexity index is 1190. The summed E-state index contributed by atoms with van der Waals surface area (Å²) < 4.78 is 11.4. The number of piperazine rings is 1. The van der Waals surface area contributed by atoms with Gasteiger partial charge in [-0.05, 0) is 42.9 Å². The van der Waals surface area contributed by atoms with Crippen LogP contribution in [-0.4, -0.2) is 87.1 Å². The number of amides is 2. The molecule has 4 rings (SSSR count). The van der Waals surface area contributed by atoms with Crippen LogP contribution in [0.3, 0.4) is 0 Å². The molecule has 9 nitrogen and oxygen atoms in total. The molecule has 1 fully saturated rings. The van der Waals surface area contributed by atoms with Crippen molar-refractivity contribution in [3.05, 3.63) is 47.5 Å². The number of thiazole rings is 1. The van der Waals surface area contributed by atoms with E-state index in [9.17, 15) is 9.59 Å². The normalized spacial score (nSPS) is 14.6. The summed E-state index contributed by atoms with van der Waals surface area (Å²) in [5, 5.41) is 6.35. The monoisotopic (exact) mass is 497 g/mol. The highest BCUT2D eigenvalue weighted by Crippen LogP contribution is 2.29. The lowest BCUT2D eigenvalue weighted by Crippen LogP contribution is -2.46. The summed E-state index contributed by atoms with van der Waals surface area (Å²) >= 11 is 1.38. The van der Waals surface area contributed by atoms with Crippen LogP contribution in [-0.2, 0) is 11.2 Å². The van der Waals surface area contributed by atoms with Crippen LogP contribution in [0.1, 0.15) is 15.9 Å². The number of anilines is 1. The predicted molar refractivity (Wildman–Crippen MR) is 138 cm³/mol. The molecule has 2 N–H and O–H groups in total. The first kappa shape index (κ1) is 24.9. The van der Waals surface area contributed by atoms with Crippen LogP contribution in [0.2, 0.25) is 0 Å². The van der Waals surface area contributed by atoms with E-state index in [4.69, 9.17) is 9.47 Å². The van der Waals surface area contributed by atoms with Crippen molar-refractivity contribution in [2.75, 3.05) is 65.9 Å². The first-order chi connectivity index (χ1) is 16.9. The molecule has 0 radical (unpaired) electrons. The molecule has 0 aliphatic carbocycles. The molecule has 2 aromatic carbocycles. The number of nitrogens with one attached hydrogen (secondary N) is 2. The lowest BCUT2D eigenvalue weighted by Gasteiger charge is -2.32. The van der Waals surface area contributed by atoms with Crippen LogP contribution in [0.25, 0.3) is 10.2 Å². The third-order valence-electron chi connectivity index (χ3n) is 6.02. The maximum absolute atomic E-state index is 12.6. The Kier molecular flexibility index (Phi) is 8.17. The standard InChI is InChI=1S/C25H31N5O4S/c1-29-10-12-30(13-11-29)9-8-26-24(32)18-5-7-22-19(16-18)27-25(35-22)28-23(31)15-17-4-6-20(33-2)21(14-17)34-3/h4-7,14,16H,8-13,15H2,1-3H3,(H,26,32)(H,27,28,31). The van der Waals surface area contributed by atoms with Crippen molar-refractivity contribution in [2.45, 2.75) is 6.42 Å². The van der Waals surface area contributed by atoms with Crippen LogP contribution in [0.15, 0.2) is 36.4 Å². The third kappa shape index (κ3) is 6.47. The fraction of sp³-hybridized carbons (Fsp3) is 0.400. The van der Waals surface area contributed by atoms with E-state index in [0.29, 0.717) is 34.3 Å². The molecule has 1 aliphatic heterocycles. The summed E-state index contributed by atoms with van der Waals surface area (Å²) in [7, 11) is 5.26. The number of carbonyl (C=O) groups excluding carboxylic acids is 2. The molecule has 3 aromatic rings. The van der Waals surface area contributed by atoms with Gasteiger partial charge in [-0.15, -0.1) is 0 Å². The molecule has 186 valence electrons. The molecule has 2 heterocycles. The summed E-state index contributed by atoms with van der Waals surface area (Å²) in [6.07, 6.45) is 0.178. The number of ether oxygens (including phenoxy) is 2. The SMILES string of the molecule is COc1ccc(CC(=O)Nc2nc3cc(C(=O)NCCN4CCN(C)CC4)ccc3s2)cc1OC. The molecular weight excluding hydrogens is 466 g/mol. The largest absolute Gasteiger partial charge is 0.493 e. The number of methoxy groups -OCH3 is 2. The lowest BCUT2D eigenvalue weighted by molar-refractivity contribution is -0.115. The van der Waals surface area contributed by atoms with E-state index in [1.807, 2.05) is 12.1 Å². The fourth-order valence-electron chi connectivity index (χ4n) is 3.96. The summed E-state index contributed by atoms with van der Waals surface area (Å²) in [5.41, 5.74) is 2.05. The Morgan fingerprint density at radius 1 is 1.03 bits per heavy atom. The maximum Gasteiger partial charge on any atom is 0.251 e. The Morgan fingerprint density at radius 3 is 2.54 bits per heavy atom. The van der Waals surface area contributed by atoms with Gasteiger partial charge in [-0.2, -0.15) is 0 Å². The highest BCUT2D eigenvalue weighted by molar-refractivity contribution is 7.22. The highest BCUT2D eigenvalue weighted by Gasteiger charge is 2.15. The number of benzene rings is 2. The molecular formula is C25H31N5O4S. The minimum absolute atomic E-state index is 0.118. The maximum atomic E-state index is 12.6. The van der Waals surface area contributed by atoms with Gasteiger partial charge in [-0.1, -0.05) is 17.4 Å². The Labute approximate surface area is 209 Å². The molecule has 10 heteroatoms. The van der Waals surface area contributed by atoms with Crippen molar-refractivity contribution < 1.29 is 19.1 Å². The first-order valence-electron chi connectivity index (χ1n) is 11.6. The molecule has 0 spiro atoms. The van der Waals surface area contributed by atoms with Crippen molar-refractivity contribution in [3.63, 3.8) is 0 Å². The second-order valence-corrected chi connectivity index (χ2v) is 9.55. The van der Waals surface area contributed by atoms with E-state index >= 15 is 0 Å². The van der Waals surface area contributed by atoms with Gasteiger partial charge in [0.2, 0.25) is 5.91 Å². The molecule has 35 heavy (non-hydrogen) atoms. The minimum atomic E-state index is -0.182. The lowest BCUT2D eigenvalue weighted by atomic mass is 10.1. The number of carbonyl (C=O) groups is 2. The summed E-state index contributed by atoms with van der Waals surface area (Å²) in [6, 6.07) is 10.8. The van der Waals surface area contributed by atoms with Crippen molar-refractivity contribution in [2.24, 2.45) is 0 Å². The van der Waals surface area contributed by atoms with E-state index in [2.05, 4.69) is 32.5 Å². The summed E-state index contributed by atoms with van der Waals surface area (Å²) in [5.74, 6) is 0.889. The van der Waals surface area contributed by atoms with Gasteiger partial charge >= 0.3 is 0 Å². The van der Waals surface area contributed by atoms with E-state index < -0.39 is 0 Å². The zero-order valence-electron chi connectivity index (χ0n) is 20.3. The topological polar surface area (TPSA) is 96.0 Å². The van der Waals surface area contributed by atoms with Gasteiger partial charge in [-0.3, -0.25) is 14.5 Å². The van der Waals surface area contributed by atoms with Crippen molar-refractivity contribution in [1.29, 1.82) is 0 Å². The molecule has 0 atom stereocenters. The summed E-state index contributed by atoms with van der Waals surface area (Å²) in [4.78, 5) is 34.4. The van der Waals surface area contributed by atoms with Gasteiger partial charge in [-0.25, -0.2) is 4.98 Å². The minimum Gasteiger partial charge on any atom is -0.493 e. The van der Waals surface area contributed by atoms with Crippen molar-refractivity contribution in [3.8, 4) is 11.5 Å². The third-order valence-corrected chi connectivity index (χ3v) is 6.97. The Hall–Kier alpha value is -3.21. The van der Waals surface area contributed by atoms with Crippen molar-refractivity contribution >= 4 is 38.5 Å². The number of aromatic nitrogens is 1. The number of rotatable bonds is 9. The number of fused-ring (bicyclic) bond motifs is 1. The molecule has 1 aliphatic rings. The van der Waals surface area contributed by atoms with Crippen LogP contribution in [0.4, 0.5) is 5.13 Å². The van der Waals surface area contributed by atoms with Crippen molar-refractivity contribution in [1.82, 2.24) is 20.1 Å². The second-order valence-electron chi connectivity index (χ2n) is 8.52. The quantitative estimate of drug-likeness (QED) is 0.469. The van der Waals surface area contributed by atoms with Gasteiger partial charge in [0, 0.05) is 44.8 Å². The zero-order chi connectivity index (χ0) is 24.8. The molecule has 0 unspecified atom stereocenters. The molecule has 1 aromatic heterocycles. The first-order valence-corrected chi connectivity index (χ1v) is 12.4. The molecule has 0 bridgehead atoms. The average molecular weight is 498 g/mol. The highest BCUT2D eigenvalue weighted by atomic mass is 32.1.